The zero-order valence-electron chi connectivity index (χ0n) is 10.4. The number of likely N-dealkylation sites (N-methyl/N-ethyl adjacent to an activating group) is 1. The molecule has 0 aromatic carbocycles. The maximum atomic E-state index is 12.1. The first-order valence-electron chi connectivity index (χ1n) is 5.50. The van der Waals surface area contributed by atoms with Gasteiger partial charge in [-0.1, -0.05) is 0 Å². The Morgan fingerprint density at radius 3 is 2.88 bits per heavy atom. The van der Waals surface area contributed by atoms with Crippen LogP contribution >= 0.6 is 11.3 Å². The van der Waals surface area contributed by atoms with E-state index in [9.17, 15) is 9.90 Å². The van der Waals surface area contributed by atoms with Crippen LogP contribution in [0.15, 0.2) is 16.8 Å². The molecule has 0 radical (unpaired) electrons. The second-order valence-corrected chi connectivity index (χ2v) is 4.89. The number of methoxy groups -OCH3 is 1. The Hall–Kier alpha value is -0.910. The number of aliphatic hydroxyl groups excluding tert-OH is 1. The average molecular weight is 257 g/mol. The molecule has 2 unspecified atom stereocenters. The summed E-state index contributed by atoms with van der Waals surface area (Å²) in [7, 11) is 3.23. The molecule has 0 aliphatic heterocycles. The minimum Gasteiger partial charge on any atom is -0.389 e. The van der Waals surface area contributed by atoms with Crippen molar-refractivity contribution in [3.8, 4) is 0 Å². The maximum Gasteiger partial charge on any atom is 0.229 e. The van der Waals surface area contributed by atoms with Gasteiger partial charge in [0.15, 0.2) is 0 Å². The molecule has 1 N–H and O–H groups in total. The third-order valence-electron chi connectivity index (χ3n) is 2.63. The van der Waals surface area contributed by atoms with Crippen molar-refractivity contribution in [3.05, 3.63) is 22.4 Å². The molecule has 0 aliphatic rings. The molecule has 0 bridgehead atoms. The lowest BCUT2D eigenvalue weighted by Gasteiger charge is -2.23. The highest BCUT2D eigenvalue weighted by molar-refractivity contribution is 7.08. The summed E-state index contributed by atoms with van der Waals surface area (Å²) >= 11 is 1.58. The number of carbonyl (C=O) groups excluding carboxylic acids is 1. The molecule has 17 heavy (non-hydrogen) atoms. The van der Waals surface area contributed by atoms with Gasteiger partial charge in [0.05, 0.1) is 18.6 Å². The molecular weight excluding hydrogens is 238 g/mol. The fourth-order valence-corrected chi connectivity index (χ4v) is 2.40. The van der Waals surface area contributed by atoms with Gasteiger partial charge < -0.3 is 14.7 Å². The maximum absolute atomic E-state index is 12.1. The third kappa shape index (κ3) is 4.11. The number of nitrogens with zero attached hydrogens (tertiary/aromatic N) is 1. The van der Waals surface area contributed by atoms with E-state index >= 15 is 0 Å². The van der Waals surface area contributed by atoms with Crippen LogP contribution in [0.1, 0.15) is 18.4 Å². The highest BCUT2D eigenvalue weighted by atomic mass is 32.1. The van der Waals surface area contributed by atoms with E-state index in [0.29, 0.717) is 6.54 Å². The van der Waals surface area contributed by atoms with E-state index in [2.05, 4.69) is 0 Å². The Balaban J connectivity index is 2.52. The molecule has 1 rings (SSSR count). The van der Waals surface area contributed by atoms with E-state index in [0.717, 1.165) is 5.56 Å². The Morgan fingerprint density at radius 1 is 1.65 bits per heavy atom. The van der Waals surface area contributed by atoms with Crippen LogP contribution in [-0.4, -0.2) is 49.3 Å². The van der Waals surface area contributed by atoms with Gasteiger partial charge in [-0.2, -0.15) is 11.3 Å². The molecule has 1 heterocycles. The molecule has 0 spiro atoms. The largest absolute Gasteiger partial charge is 0.389 e. The number of carbonyl (C=O) groups is 1. The number of ether oxygens (including phenoxy) is 1. The highest BCUT2D eigenvalue weighted by Gasteiger charge is 2.21. The molecular formula is C12H19NO3S. The van der Waals surface area contributed by atoms with E-state index in [4.69, 9.17) is 4.74 Å². The number of hydrogen-bond acceptors (Lipinski definition) is 4. The summed E-state index contributed by atoms with van der Waals surface area (Å²) in [6, 6.07) is 1.95. The fraction of sp³-hybridized carbons (Fsp3) is 0.583. The van der Waals surface area contributed by atoms with Crippen LogP contribution in [0.4, 0.5) is 0 Å². The molecule has 2 atom stereocenters. The highest BCUT2D eigenvalue weighted by Crippen LogP contribution is 2.20. The van der Waals surface area contributed by atoms with Crippen molar-refractivity contribution in [2.24, 2.45) is 0 Å². The zero-order valence-corrected chi connectivity index (χ0v) is 11.2. The van der Waals surface area contributed by atoms with Crippen molar-refractivity contribution in [3.63, 3.8) is 0 Å². The third-order valence-corrected chi connectivity index (χ3v) is 3.33. The predicted molar refractivity (Wildman–Crippen MR) is 68.3 cm³/mol. The van der Waals surface area contributed by atoms with Gasteiger partial charge in [-0.3, -0.25) is 4.79 Å². The lowest BCUT2D eigenvalue weighted by Crippen LogP contribution is -2.38. The van der Waals surface area contributed by atoms with Crippen molar-refractivity contribution in [1.82, 2.24) is 4.90 Å². The van der Waals surface area contributed by atoms with Crippen molar-refractivity contribution in [2.75, 3.05) is 27.3 Å². The van der Waals surface area contributed by atoms with Gasteiger partial charge in [-0.15, -0.1) is 0 Å². The van der Waals surface area contributed by atoms with Crippen LogP contribution in [-0.2, 0) is 9.53 Å². The van der Waals surface area contributed by atoms with Crippen LogP contribution in [0, 0.1) is 0 Å². The van der Waals surface area contributed by atoms with Crippen molar-refractivity contribution < 1.29 is 14.6 Å². The van der Waals surface area contributed by atoms with Gasteiger partial charge in [0.25, 0.3) is 0 Å². The fourth-order valence-electron chi connectivity index (χ4n) is 1.65. The molecule has 0 saturated heterocycles. The Kier molecular flexibility index (Phi) is 5.61. The van der Waals surface area contributed by atoms with Crippen LogP contribution < -0.4 is 0 Å². The molecule has 4 nitrogen and oxygen atoms in total. The Morgan fingerprint density at radius 2 is 2.35 bits per heavy atom. The smallest absolute Gasteiger partial charge is 0.229 e. The van der Waals surface area contributed by atoms with Crippen LogP contribution in [0.25, 0.3) is 0 Å². The average Bonchev–Trinajstić information content (AvgIpc) is 2.80. The van der Waals surface area contributed by atoms with Crippen molar-refractivity contribution >= 4 is 17.2 Å². The van der Waals surface area contributed by atoms with E-state index in [1.54, 1.807) is 23.3 Å². The number of amides is 1. The molecule has 0 fully saturated rings. The summed E-state index contributed by atoms with van der Waals surface area (Å²) in [5.41, 5.74) is 1.02. The lowest BCUT2D eigenvalue weighted by molar-refractivity contribution is -0.132. The molecule has 1 aromatic heterocycles. The topological polar surface area (TPSA) is 49.8 Å². The molecule has 1 amide bonds. The molecule has 1 aromatic rings. The van der Waals surface area contributed by atoms with Gasteiger partial charge in [-0.25, -0.2) is 0 Å². The van der Waals surface area contributed by atoms with Gasteiger partial charge in [-0.05, 0) is 29.3 Å². The van der Waals surface area contributed by atoms with Crippen molar-refractivity contribution in [1.29, 1.82) is 0 Å². The van der Waals surface area contributed by atoms with Gasteiger partial charge in [0, 0.05) is 20.7 Å². The molecule has 96 valence electrons. The molecule has 5 heteroatoms. The van der Waals surface area contributed by atoms with Crippen molar-refractivity contribution in [2.45, 2.75) is 18.9 Å². The summed E-state index contributed by atoms with van der Waals surface area (Å²) in [6.07, 6.45) is -0.636. The molecule has 0 aliphatic carbocycles. The van der Waals surface area contributed by atoms with Crippen LogP contribution in [0.3, 0.4) is 0 Å². The van der Waals surface area contributed by atoms with E-state index in [1.807, 2.05) is 23.8 Å². The minimum absolute atomic E-state index is 0.0125. The Labute approximate surface area is 106 Å². The van der Waals surface area contributed by atoms with E-state index in [-0.39, 0.29) is 18.4 Å². The van der Waals surface area contributed by atoms with Crippen LogP contribution in [0.5, 0.6) is 0 Å². The number of hydrogen-bond donors (Lipinski definition) is 1. The monoisotopic (exact) mass is 257 g/mol. The summed E-state index contributed by atoms with van der Waals surface area (Å²) in [4.78, 5) is 13.6. The summed E-state index contributed by atoms with van der Waals surface area (Å²) in [5.74, 6) is -0.153. The number of rotatable bonds is 6. The standard InChI is InChI=1S/C12H19NO3S/c1-9(10-4-5-17-8-10)12(15)13(2)6-11(14)7-16-3/h4-5,8-9,11,14H,6-7H2,1-3H3. The van der Waals surface area contributed by atoms with Gasteiger partial charge in [0.2, 0.25) is 5.91 Å². The normalized spacial score (nSPS) is 14.4. The number of thiophene rings is 1. The van der Waals surface area contributed by atoms with Crippen LogP contribution in [0.2, 0.25) is 0 Å². The van der Waals surface area contributed by atoms with Gasteiger partial charge in [0.1, 0.15) is 0 Å². The first-order valence-corrected chi connectivity index (χ1v) is 6.44. The summed E-state index contributed by atoms with van der Waals surface area (Å²) < 4.78 is 4.83. The first-order chi connectivity index (χ1) is 8.06. The van der Waals surface area contributed by atoms with E-state index in [1.165, 1.54) is 7.11 Å². The predicted octanol–water partition coefficient (Wildman–Crippen LogP) is 1.32. The first kappa shape index (κ1) is 14.2. The second-order valence-electron chi connectivity index (χ2n) is 4.11. The Bertz CT molecular complexity index is 340. The lowest BCUT2D eigenvalue weighted by atomic mass is 10.0. The zero-order chi connectivity index (χ0) is 12.8. The quantitative estimate of drug-likeness (QED) is 0.836. The SMILES string of the molecule is COCC(O)CN(C)C(=O)C(C)c1ccsc1. The minimum atomic E-state index is -0.636. The van der Waals surface area contributed by atoms with Gasteiger partial charge >= 0.3 is 0 Å². The molecule has 0 saturated carbocycles. The number of aliphatic hydroxyl groups is 1. The summed E-state index contributed by atoms with van der Waals surface area (Å²) in [6.45, 7) is 2.41. The second kappa shape index (κ2) is 6.74. The summed E-state index contributed by atoms with van der Waals surface area (Å²) in [5, 5.41) is 13.5. The van der Waals surface area contributed by atoms with E-state index < -0.39 is 6.10 Å².